The number of nitrogens with zero attached hydrogens (tertiary/aromatic N) is 2. The van der Waals surface area contributed by atoms with Gasteiger partial charge in [0, 0.05) is 18.9 Å². The van der Waals surface area contributed by atoms with Crippen molar-refractivity contribution in [2.75, 3.05) is 6.54 Å². The van der Waals surface area contributed by atoms with Crippen LogP contribution in [0.15, 0.2) is 59.8 Å². The van der Waals surface area contributed by atoms with Crippen molar-refractivity contribution < 1.29 is 22.8 Å². The molecule has 30 heavy (non-hydrogen) atoms. The van der Waals surface area contributed by atoms with Gasteiger partial charge in [0.15, 0.2) is 6.10 Å². The summed E-state index contributed by atoms with van der Waals surface area (Å²) in [6.07, 6.45) is -1.50. The number of benzene rings is 2. The lowest BCUT2D eigenvalue weighted by Gasteiger charge is -2.32. The Hall–Kier alpha value is -2.83. The zero-order valence-corrected chi connectivity index (χ0v) is 16.4. The van der Waals surface area contributed by atoms with Crippen LogP contribution in [0.25, 0.3) is 0 Å². The third kappa shape index (κ3) is 4.66. The topological polar surface area (TPSA) is 41.9 Å². The first kappa shape index (κ1) is 20.4. The minimum absolute atomic E-state index is 0.0181. The highest BCUT2D eigenvalue weighted by Gasteiger charge is 2.34. The lowest BCUT2D eigenvalue weighted by atomic mass is 9.84. The Kier molecular flexibility index (Phi) is 5.79. The minimum Gasteiger partial charge on any atom is -0.390 e. The molecule has 1 atom stereocenters. The fourth-order valence-electron chi connectivity index (χ4n) is 3.79. The summed E-state index contributed by atoms with van der Waals surface area (Å²) < 4.78 is 39.2. The third-order valence-corrected chi connectivity index (χ3v) is 5.66. The van der Waals surface area contributed by atoms with Gasteiger partial charge in [0.2, 0.25) is 5.91 Å². The Morgan fingerprint density at radius 1 is 1.10 bits per heavy atom. The van der Waals surface area contributed by atoms with Crippen LogP contribution < -0.4 is 0 Å². The number of oxime groups is 1. The van der Waals surface area contributed by atoms with Crippen LogP contribution >= 0.6 is 0 Å². The van der Waals surface area contributed by atoms with Crippen LogP contribution in [0, 0.1) is 5.92 Å². The molecule has 1 heterocycles. The molecule has 4 nitrogen and oxygen atoms in total. The molecule has 0 spiro atoms. The van der Waals surface area contributed by atoms with Gasteiger partial charge in [-0.2, -0.15) is 13.2 Å². The highest BCUT2D eigenvalue weighted by molar-refractivity contribution is 6.01. The molecule has 0 N–H and O–H groups in total. The molecule has 158 valence electrons. The van der Waals surface area contributed by atoms with Crippen molar-refractivity contribution in [3.63, 3.8) is 0 Å². The van der Waals surface area contributed by atoms with Gasteiger partial charge in [-0.25, -0.2) is 0 Å². The number of carbonyl (C=O) groups is 1. The molecular formula is C23H23F3N2O2. The summed E-state index contributed by atoms with van der Waals surface area (Å²) >= 11 is 0. The van der Waals surface area contributed by atoms with Crippen LogP contribution in [0.3, 0.4) is 0 Å². The minimum atomic E-state index is -4.41. The summed E-state index contributed by atoms with van der Waals surface area (Å²) in [4.78, 5) is 20.2. The number of alkyl halides is 3. The summed E-state index contributed by atoms with van der Waals surface area (Å²) in [5.74, 6) is -0.0675. The van der Waals surface area contributed by atoms with E-state index in [4.69, 9.17) is 4.84 Å². The standard InChI is InChI=1S/C23H23F3N2O2/c24-23(25,26)19-11-4-6-16(12-19)14-28(22(29)18-9-5-10-18)15-20-13-21(27-30-20)17-7-2-1-3-8-17/h1-4,6-8,11-12,18,20H,5,9-10,13-15H2. The van der Waals surface area contributed by atoms with Gasteiger partial charge in [-0.1, -0.05) is 54.0 Å². The van der Waals surface area contributed by atoms with Crippen LogP contribution in [0.2, 0.25) is 0 Å². The van der Waals surface area contributed by atoms with Crippen molar-refractivity contribution in [1.29, 1.82) is 0 Å². The van der Waals surface area contributed by atoms with E-state index in [2.05, 4.69) is 5.16 Å². The maximum atomic E-state index is 13.1. The molecule has 2 aromatic rings. The van der Waals surface area contributed by atoms with E-state index in [-0.39, 0.29) is 24.5 Å². The van der Waals surface area contributed by atoms with E-state index < -0.39 is 11.7 Å². The van der Waals surface area contributed by atoms with Gasteiger partial charge in [-0.15, -0.1) is 0 Å². The van der Waals surface area contributed by atoms with E-state index in [1.807, 2.05) is 30.3 Å². The molecule has 4 rings (SSSR count). The van der Waals surface area contributed by atoms with Crippen molar-refractivity contribution in [3.05, 3.63) is 71.3 Å². The first-order valence-corrected chi connectivity index (χ1v) is 10.1. The maximum absolute atomic E-state index is 13.1. The molecule has 0 aromatic heterocycles. The summed E-state index contributed by atoms with van der Waals surface area (Å²) in [5, 5.41) is 4.16. The third-order valence-electron chi connectivity index (χ3n) is 5.66. The zero-order chi connectivity index (χ0) is 21.1. The molecule has 0 bridgehead atoms. The summed E-state index contributed by atoms with van der Waals surface area (Å²) in [6.45, 7) is 0.422. The van der Waals surface area contributed by atoms with Crippen molar-refractivity contribution >= 4 is 11.6 Å². The summed E-state index contributed by atoms with van der Waals surface area (Å²) in [7, 11) is 0. The van der Waals surface area contributed by atoms with E-state index in [1.54, 1.807) is 11.0 Å². The van der Waals surface area contributed by atoms with Crippen LogP contribution in [0.5, 0.6) is 0 Å². The summed E-state index contributed by atoms with van der Waals surface area (Å²) in [5.41, 5.74) is 1.54. The Morgan fingerprint density at radius 2 is 1.87 bits per heavy atom. The monoisotopic (exact) mass is 416 g/mol. The van der Waals surface area contributed by atoms with Crippen molar-refractivity contribution in [1.82, 2.24) is 4.90 Å². The molecule has 0 radical (unpaired) electrons. The SMILES string of the molecule is O=C(C1CCC1)N(Cc1cccc(C(F)(F)F)c1)CC1CC(c2ccccc2)=NO1. The second-order valence-corrected chi connectivity index (χ2v) is 7.88. The first-order chi connectivity index (χ1) is 14.4. The Balaban J connectivity index is 1.47. The van der Waals surface area contributed by atoms with Gasteiger partial charge < -0.3 is 9.74 Å². The highest BCUT2D eigenvalue weighted by atomic mass is 19.4. The van der Waals surface area contributed by atoms with E-state index >= 15 is 0 Å². The molecule has 1 unspecified atom stereocenters. The van der Waals surface area contributed by atoms with Crippen LogP contribution in [0.4, 0.5) is 13.2 Å². The quantitative estimate of drug-likeness (QED) is 0.663. The van der Waals surface area contributed by atoms with Crippen LogP contribution in [-0.2, 0) is 22.4 Å². The predicted molar refractivity (Wildman–Crippen MR) is 107 cm³/mol. The van der Waals surface area contributed by atoms with Crippen molar-refractivity contribution in [2.45, 2.75) is 44.5 Å². The molecule has 1 aliphatic carbocycles. The van der Waals surface area contributed by atoms with Gasteiger partial charge in [0.1, 0.15) is 0 Å². The van der Waals surface area contributed by atoms with Gasteiger partial charge in [0.25, 0.3) is 0 Å². The molecule has 0 saturated heterocycles. The second kappa shape index (κ2) is 8.50. The lowest BCUT2D eigenvalue weighted by Crippen LogP contribution is -2.42. The molecule has 1 saturated carbocycles. The van der Waals surface area contributed by atoms with Crippen LogP contribution in [0.1, 0.15) is 42.4 Å². The lowest BCUT2D eigenvalue weighted by molar-refractivity contribution is -0.140. The number of hydrogen-bond acceptors (Lipinski definition) is 3. The average molecular weight is 416 g/mol. The van der Waals surface area contributed by atoms with Gasteiger partial charge >= 0.3 is 6.18 Å². The number of hydrogen-bond donors (Lipinski definition) is 0. The molecule has 7 heteroatoms. The highest BCUT2D eigenvalue weighted by Crippen LogP contribution is 2.32. The molecular weight excluding hydrogens is 393 g/mol. The normalized spacial score (nSPS) is 19.0. The first-order valence-electron chi connectivity index (χ1n) is 10.1. The number of carbonyl (C=O) groups excluding carboxylic acids is 1. The van der Waals surface area contributed by atoms with Crippen LogP contribution in [-0.4, -0.2) is 29.2 Å². The Bertz CT molecular complexity index is 924. The largest absolute Gasteiger partial charge is 0.416 e. The Morgan fingerprint density at radius 3 is 2.53 bits per heavy atom. The van der Waals surface area contributed by atoms with Gasteiger partial charge in [-0.3, -0.25) is 4.79 Å². The number of amides is 1. The second-order valence-electron chi connectivity index (χ2n) is 7.88. The molecule has 1 amide bonds. The average Bonchev–Trinajstić information content (AvgIpc) is 3.15. The predicted octanol–water partition coefficient (Wildman–Crippen LogP) is 5.03. The number of halogens is 3. The van der Waals surface area contributed by atoms with Crippen molar-refractivity contribution in [3.8, 4) is 0 Å². The Labute approximate surface area is 173 Å². The molecule has 2 aliphatic rings. The zero-order valence-electron chi connectivity index (χ0n) is 16.4. The smallest absolute Gasteiger partial charge is 0.390 e. The van der Waals surface area contributed by atoms with E-state index in [0.29, 0.717) is 18.5 Å². The molecule has 1 aliphatic heterocycles. The summed E-state index contributed by atoms with van der Waals surface area (Å²) in [6, 6.07) is 14.8. The van der Waals surface area contributed by atoms with Gasteiger partial charge in [-0.05, 0) is 36.1 Å². The van der Waals surface area contributed by atoms with E-state index in [0.717, 1.165) is 42.7 Å². The van der Waals surface area contributed by atoms with Crippen molar-refractivity contribution in [2.24, 2.45) is 11.1 Å². The maximum Gasteiger partial charge on any atom is 0.416 e. The van der Waals surface area contributed by atoms with E-state index in [9.17, 15) is 18.0 Å². The molecule has 2 aromatic carbocycles. The molecule has 1 fully saturated rings. The fourth-order valence-corrected chi connectivity index (χ4v) is 3.79. The number of rotatable bonds is 6. The van der Waals surface area contributed by atoms with E-state index in [1.165, 1.54) is 6.07 Å². The van der Waals surface area contributed by atoms with Gasteiger partial charge in [0.05, 0.1) is 17.8 Å². The fraction of sp³-hybridized carbons (Fsp3) is 0.391.